The van der Waals surface area contributed by atoms with Crippen LogP contribution in [0.5, 0.6) is 0 Å². The Kier molecular flexibility index (Phi) is 3.21. The molecule has 0 saturated carbocycles. The van der Waals surface area contributed by atoms with Crippen LogP contribution in [0.1, 0.15) is 6.42 Å². The first-order chi connectivity index (χ1) is 9.33. The van der Waals surface area contributed by atoms with Gasteiger partial charge < -0.3 is 5.32 Å². The Hall–Kier alpha value is -2.25. The predicted octanol–water partition coefficient (Wildman–Crippen LogP) is 0.0723. The molecule has 1 aliphatic rings. The third-order valence-electron chi connectivity index (χ3n) is 2.91. The molecular weight excluding hydrogens is 244 g/mol. The van der Waals surface area contributed by atoms with Crippen LogP contribution >= 0.6 is 0 Å². The largest absolute Gasteiger partial charge is 0.309 e. The second kappa shape index (κ2) is 5.17. The van der Waals surface area contributed by atoms with Gasteiger partial charge in [0.05, 0.1) is 0 Å². The Labute approximate surface area is 110 Å². The summed E-state index contributed by atoms with van der Waals surface area (Å²) in [5.41, 5.74) is 5.84. The molecule has 2 aromatic heterocycles. The van der Waals surface area contributed by atoms with Crippen LogP contribution in [0.4, 0.5) is 5.82 Å². The number of aromatic nitrogens is 3. The highest BCUT2D eigenvalue weighted by Gasteiger charge is 2.22. The van der Waals surface area contributed by atoms with E-state index in [1.165, 1.54) is 0 Å². The smallest absolute Gasteiger partial charge is 0.244 e. The molecule has 7 nitrogen and oxygen atoms in total. The SMILES string of the molecule is O=C(Nc1cccc(-n2ccnc2)n1)C1CCNN1. The van der Waals surface area contributed by atoms with Gasteiger partial charge in [0.15, 0.2) is 0 Å². The molecule has 98 valence electrons. The molecule has 0 aromatic carbocycles. The fourth-order valence-electron chi connectivity index (χ4n) is 1.93. The average Bonchev–Trinajstić information content (AvgIpc) is 3.13. The Morgan fingerprint density at radius 3 is 3.16 bits per heavy atom. The number of hydrazine groups is 1. The normalized spacial score (nSPS) is 18.4. The third kappa shape index (κ3) is 2.61. The van der Waals surface area contributed by atoms with Gasteiger partial charge in [-0.05, 0) is 18.6 Å². The molecule has 0 spiro atoms. The number of hydrogen-bond donors (Lipinski definition) is 3. The van der Waals surface area contributed by atoms with E-state index in [1.54, 1.807) is 29.4 Å². The van der Waals surface area contributed by atoms with Gasteiger partial charge >= 0.3 is 0 Å². The van der Waals surface area contributed by atoms with Gasteiger partial charge in [-0.1, -0.05) is 6.07 Å². The number of hydrogen-bond acceptors (Lipinski definition) is 5. The van der Waals surface area contributed by atoms with Crippen molar-refractivity contribution in [3.63, 3.8) is 0 Å². The van der Waals surface area contributed by atoms with Gasteiger partial charge in [-0.25, -0.2) is 15.4 Å². The molecule has 19 heavy (non-hydrogen) atoms. The number of imidazole rings is 1. The first kappa shape index (κ1) is 11.8. The topological polar surface area (TPSA) is 83.9 Å². The van der Waals surface area contributed by atoms with E-state index < -0.39 is 0 Å². The van der Waals surface area contributed by atoms with Crippen molar-refractivity contribution in [2.45, 2.75) is 12.5 Å². The molecule has 7 heteroatoms. The molecule has 1 aliphatic heterocycles. The lowest BCUT2D eigenvalue weighted by Crippen LogP contribution is -2.39. The lowest BCUT2D eigenvalue weighted by molar-refractivity contribution is -0.117. The van der Waals surface area contributed by atoms with Crippen molar-refractivity contribution in [1.82, 2.24) is 25.4 Å². The van der Waals surface area contributed by atoms with Crippen molar-refractivity contribution in [1.29, 1.82) is 0 Å². The molecule has 0 bridgehead atoms. The first-order valence-corrected chi connectivity index (χ1v) is 6.07. The number of rotatable bonds is 3. The average molecular weight is 258 g/mol. The minimum absolute atomic E-state index is 0.0831. The van der Waals surface area contributed by atoms with Gasteiger partial charge in [-0.2, -0.15) is 0 Å². The minimum Gasteiger partial charge on any atom is -0.309 e. The van der Waals surface area contributed by atoms with E-state index >= 15 is 0 Å². The summed E-state index contributed by atoms with van der Waals surface area (Å²) in [6.07, 6.45) is 5.92. The quantitative estimate of drug-likeness (QED) is 0.725. The minimum atomic E-state index is -0.210. The number of pyridine rings is 1. The van der Waals surface area contributed by atoms with Crippen LogP contribution in [0.2, 0.25) is 0 Å². The lowest BCUT2D eigenvalue weighted by atomic mass is 10.2. The molecule has 1 amide bonds. The van der Waals surface area contributed by atoms with Crippen molar-refractivity contribution in [2.75, 3.05) is 11.9 Å². The monoisotopic (exact) mass is 258 g/mol. The van der Waals surface area contributed by atoms with E-state index in [0.29, 0.717) is 11.6 Å². The van der Waals surface area contributed by atoms with Crippen LogP contribution in [0.25, 0.3) is 5.82 Å². The van der Waals surface area contributed by atoms with E-state index in [0.717, 1.165) is 13.0 Å². The molecule has 3 N–H and O–H groups in total. The number of anilines is 1. The standard InChI is InChI=1S/C12H14N6O/c19-12(9-4-5-14-17-9)16-10-2-1-3-11(15-10)18-7-6-13-8-18/h1-3,6-9,14,17H,4-5H2,(H,15,16,19). The molecule has 1 atom stereocenters. The number of nitrogens with zero attached hydrogens (tertiary/aromatic N) is 3. The zero-order valence-electron chi connectivity index (χ0n) is 10.2. The van der Waals surface area contributed by atoms with Crippen LogP contribution in [0.15, 0.2) is 36.9 Å². The number of carbonyl (C=O) groups excluding carboxylic acids is 1. The highest BCUT2D eigenvalue weighted by molar-refractivity contribution is 5.94. The Morgan fingerprint density at radius 2 is 2.42 bits per heavy atom. The van der Waals surface area contributed by atoms with Gasteiger partial charge in [-0.15, -0.1) is 0 Å². The van der Waals surface area contributed by atoms with Crippen molar-refractivity contribution < 1.29 is 4.79 Å². The van der Waals surface area contributed by atoms with Crippen molar-refractivity contribution in [2.24, 2.45) is 0 Å². The van der Waals surface area contributed by atoms with Crippen LogP contribution in [-0.4, -0.2) is 33.0 Å². The molecule has 0 aliphatic carbocycles. The van der Waals surface area contributed by atoms with E-state index in [2.05, 4.69) is 26.1 Å². The summed E-state index contributed by atoms with van der Waals surface area (Å²) in [7, 11) is 0. The summed E-state index contributed by atoms with van der Waals surface area (Å²) in [6.45, 7) is 0.792. The zero-order chi connectivity index (χ0) is 13.1. The molecule has 3 rings (SSSR count). The summed E-state index contributed by atoms with van der Waals surface area (Å²) in [4.78, 5) is 20.3. The van der Waals surface area contributed by atoms with Crippen LogP contribution in [0, 0.1) is 0 Å². The van der Waals surface area contributed by atoms with Gasteiger partial charge in [0, 0.05) is 18.9 Å². The van der Waals surface area contributed by atoms with E-state index in [9.17, 15) is 4.79 Å². The van der Waals surface area contributed by atoms with Crippen molar-refractivity contribution >= 4 is 11.7 Å². The summed E-state index contributed by atoms with van der Waals surface area (Å²) >= 11 is 0. The summed E-state index contributed by atoms with van der Waals surface area (Å²) in [5.74, 6) is 1.16. The molecule has 1 fully saturated rings. The maximum absolute atomic E-state index is 11.9. The first-order valence-electron chi connectivity index (χ1n) is 6.07. The summed E-state index contributed by atoms with van der Waals surface area (Å²) < 4.78 is 1.78. The van der Waals surface area contributed by atoms with Crippen molar-refractivity contribution in [3.05, 3.63) is 36.9 Å². The highest BCUT2D eigenvalue weighted by Crippen LogP contribution is 2.10. The molecule has 0 radical (unpaired) electrons. The second-order valence-electron chi connectivity index (χ2n) is 4.25. The Bertz CT molecular complexity index is 561. The van der Waals surface area contributed by atoms with Crippen LogP contribution in [-0.2, 0) is 4.79 Å². The number of carbonyl (C=O) groups is 1. The van der Waals surface area contributed by atoms with Crippen LogP contribution in [0.3, 0.4) is 0 Å². The molecule has 3 heterocycles. The predicted molar refractivity (Wildman–Crippen MR) is 69.5 cm³/mol. The maximum Gasteiger partial charge on any atom is 0.244 e. The fraction of sp³-hybridized carbons (Fsp3) is 0.250. The highest BCUT2D eigenvalue weighted by atomic mass is 16.2. The fourth-order valence-corrected chi connectivity index (χ4v) is 1.93. The zero-order valence-corrected chi connectivity index (χ0v) is 10.2. The summed E-state index contributed by atoms with van der Waals surface area (Å²) in [6, 6.07) is 5.25. The Balaban J connectivity index is 1.74. The van der Waals surface area contributed by atoms with Gasteiger partial charge in [0.1, 0.15) is 24.0 Å². The van der Waals surface area contributed by atoms with E-state index in [-0.39, 0.29) is 11.9 Å². The molecule has 1 unspecified atom stereocenters. The van der Waals surface area contributed by atoms with Gasteiger partial charge in [-0.3, -0.25) is 14.8 Å². The lowest BCUT2D eigenvalue weighted by Gasteiger charge is -2.10. The van der Waals surface area contributed by atoms with Crippen molar-refractivity contribution in [3.8, 4) is 5.82 Å². The molecule has 2 aromatic rings. The number of nitrogens with one attached hydrogen (secondary N) is 3. The number of amides is 1. The molecular formula is C12H14N6O. The third-order valence-corrected chi connectivity index (χ3v) is 2.91. The van der Waals surface area contributed by atoms with Gasteiger partial charge in [0.25, 0.3) is 0 Å². The molecule has 1 saturated heterocycles. The Morgan fingerprint density at radius 1 is 1.47 bits per heavy atom. The van der Waals surface area contributed by atoms with E-state index in [4.69, 9.17) is 0 Å². The maximum atomic E-state index is 11.9. The van der Waals surface area contributed by atoms with Gasteiger partial charge in [0.2, 0.25) is 5.91 Å². The van der Waals surface area contributed by atoms with Crippen LogP contribution < -0.4 is 16.2 Å². The van der Waals surface area contributed by atoms with E-state index in [1.807, 2.05) is 12.1 Å². The summed E-state index contributed by atoms with van der Waals surface area (Å²) in [5, 5.41) is 2.80. The second-order valence-corrected chi connectivity index (χ2v) is 4.25.